The van der Waals surface area contributed by atoms with Crippen LogP contribution in [0.15, 0.2) is 48.5 Å². The standard InChI is InChI=1S/C16H18N2O3/c1-20-15-8-3-2-7-14(15)18-16(19)11-21-13-6-4-5-12(9-13)10-17/h2-9H,10-11,17H2,1H3,(H,18,19). The van der Waals surface area contributed by atoms with Crippen molar-refractivity contribution >= 4 is 11.6 Å². The Morgan fingerprint density at radius 3 is 2.76 bits per heavy atom. The number of benzene rings is 2. The van der Waals surface area contributed by atoms with Crippen LogP contribution in [0.1, 0.15) is 5.56 Å². The topological polar surface area (TPSA) is 73.6 Å². The normalized spacial score (nSPS) is 10.0. The second-order valence-corrected chi connectivity index (χ2v) is 4.39. The summed E-state index contributed by atoms with van der Waals surface area (Å²) in [4.78, 5) is 11.9. The Bertz CT molecular complexity index is 614. The number of amides is 1. The van der Waals surface area contributed by atoms with Crippen LogP contribution in [-0.4, -0.2) is 19.6 Å². The van der Waals surface area contributed by atoms with E-state index in [1.165, 1.54) is 0 Å². The number of carbonyl (C=O) groups excluding carboxylic acids is 1. The second kappa shape index (κ2) is 7.31. The monoisotopic (exact) mass is 286 g/mol. The van der Waals surface area contributed by atoms with Gasteiger partial charge in [0.2, 0.25) is 0 Å². The predicted octanol–water partition coefficient (Wildman–Crippen LogP) is 2.17. The maximum atomic E-state index is 11.9. The molecule has 0 spiro atoms. The van der Waals surface area contributed by atoms with Crippen molar-refractivity contribution in [2.45, 2.75) is 6.54 Å². The molecule has 21 heavy (non-hydrogen) atoms. The first-order chi connectivity index (χ1) is 10.2. The SMILES string of the molecule is COc1ccccc1NC(=O)COc1cccc(CN)c1. The molecule has 0 aliphatic rings. The van der Waals surface area contributed by atoms with E-state index < -0.39 is 0 Å². The summed E-state index contributed by atoms with van der Waals surface area (Å²) in [7, 11) is 1.56. The lowest BCUT2D eigenvalue weighted by molar-refractivity contribution is -0.118. The Labute approximate surface area is 123 Å². The molecule has 0 aliphatic carbocycles. The zero-order valence-electron chi connectivity index (χ0n) is 11.8. The fourth-order valence-corrected chi connectivity index (χ4v) is 1.85. The molecule has 0 atom stereocenters. The summed E-state index contributed by atoms with van der Waals surface area (Å²) in [6.45, 7) is 0.358. The zero-order chi connectivity index (χ0) is 15.1. The molecule has 2 aromatic rings. The number of para-hydroxylation sites is 2. The van der Waals surface area contributed by atoms with Gasteiger partial charge in [0.05, 0.1) is 12.8 Å². The molecule has 0 fully saturated rings. The van der Waals surface area contributed by atoms with Crippen LogP contribution >= 0.6 is 0 Å². The van der Waals surface area contributed by atoms with Gasteiger partial charge in [-0.15, -0.1) is 0 Å². The van der Waals surface area contributed by atoms with Crippen LogP contribution < -0.4 is 20.5 Å². The molecular formula is C16H18N2O3. The first-order valence-corrected chi connectivity index (χ1v) is 6.57. The highest BCUT2D eigenvalue weighted by Crippen LogP contribution is 2.22. The number of rotatable bonds is 6. The van der Waals surface area contributed by atoms with Gasteiger partial charge >= 0.3 is 0 Å². The van der Waals surface area contributed by atoms with Crippen LogP contribution in [0.4, 0.5) is 5.69 Å². The molecule has 0 radical (unpaired) electrons. The lowest BCUT2D eigenvalue weighted by atomic mass is 10.2. The Hall–Kier alpha value is -2.53. The minimum Gasteiger partial charge on any atom is -0.495 e. The smallest absolute Gasteiger partial charge is 0.262 e. The lowest BCUT2D eigenvalue weighted by Gasteiger charge is -2.11. The molecule has 5 nitrogen and oxygen atoms in total. The molecule has 5 heteroatoms. The third-order valence-electron chi connectivity index (χ3n) is 2.89. The highest BCUT2D eigenvalue weighted by atomic mass is 16.5. The highest BCUT2D eigenvalue weighted by Gasteiger charge is 2.07. The molecule has 1 amide bonds. The van der Waals surface area contributed by atoms with Crippen molar-refractivity contribution in [2.24, 2.45) is 5.73 Å². The minimum atomic E-state index is -0.252. The van der Waals surface area contributed by atoms with Gasteiger partial charge in [-0.05, 0) is 29.8 Å². The first kappa shape index (κ1) is 14.9. The van der Waals surface area contributed by atoms with Crippen LogP contribution in [0.5, 0.6) is 11.5 Å². The minimum absolute atomic E-state index is 0.0773. The summed E-state index contributed by atoms with van der Waals surface area (Å²) in [5, 5.41) is 2.75. The van der Waals surface area contributed by atoms with E-state index in [1.807, 2.05) is 30.3 Å². The van der Waals surface area contributed by atoms with E-state index in [9.17, 15) is 4.79 Å². The summed E-state index contributed by atoms with van der Waals surface area (Å²) in [5.41, 5.74) is 7.13. The summed E-state index contributed by atoms with van der Waals surface area (Å²) < 4.78 is 10.6. The summed E-state index contributed by atoms with van der Waals surface area (Å²) in [5.74, 6) is 0.974. The van der Waals surface area contributed by atoms with Gasteiger partial charge in [0.1, 0.15) is 11.5 Å². The number of anilines is 1. The molecule has 110 valence electrons. The van der Waals surface area contributed by atoms with E-state index in [2.05, 4.69) is 5.32 Å². The van der Waals surface area contributed by atoms with Crippen molar-refractivity contribution in [3.05, 3.63) is 54.1 Å². The Kier molecular flexibility index (Phi) is 5.17. The Morgan fingerprint density at radius 1 is 1.19 bits per heavy atom. The molecule has 0 aromatic heterocycles. The van der Waals surface area contributed by atoms with Crippen LogP contribution in [-0.2, 0) is 11.3 Å². The van der Waals surface area contributed by atoms with Gasteiger partial charge in [-0.3, -0.25) is 4.79 Å². The fourth-order valence-electron chi connectivity index (χ4n) is 1.85. The van der Waals surface area contributed by atoms with Gasteiger partial charge in [-0.25, -0.2) is 0 Å². The molecule has 0 heterocycles. The van der Waals surface area contributed by atoms with E-state index in [-0.39, 0.29) is 12.5 Å². The van der Waals surface area contributed by atoms with Crippen molar-refractivity contribution in [3.8, 4) is 11.5 Å². The molecular weight excluding hydrogens is 268 g/mol. The van der Waals surface area contributed by atoms with Crippen molar-refractivity contribution in [1.29, 1.82) is 0 Å². The second-order valence-electron chi connectivity index (χ2n) is 4.39. The lowest BCUT2D eigenvalue weighted by Crippen LogP contribution is -2.20. The zero-order valence-corrected chi connectivity index (χ0v) is 11.8. The molecule has 3 N–H and O–H groups in total. The van der Waals surface area contributed by atoms with Crippen LogP contribution in [0.2, 0.25) is 0 Å². The average molecular weight is 286 g/mol. The molecule has 0 saturated carbocycles. The van der Waals surface area contributed by atoms with Gasteiger partial charge in [-0.1, -0.05) is 24.3 Å². The third-order valence-corrected chi connectivity index (χ3v) is 2.89. The predicted molar refractivity (Wildman–Crippen MR) is 81.5 cm³/mol. The summed E-state index contributed by atoms with van der Waals surface area (Å²) in [6.07, 6.45) is 0. The van der Waals surface area contributed by atoms with Gasteiger partial charge in [0, 0.05) is 6.54 Å². The fraction of sp³-hybridized carbons (Fsp3) is 0.188. The molecule has 0 aliphatic heterocycles. The van der Waals surface area contributed by atoms with E-state index in [4.69, 9.17) is 15.2 Å². The number of hydrogen-bond donors (Lipinski definition) is 2. The molecule has 0 saturated heterocycles. The number of hydrogen-bond acceptors (Lipinski definition) is 4. The summed E-state index contributed by atoms with van der Waals surface area (Å²) in [6, 6.07) is 14.6. The van der Waals surface area contributed by atoms with E-state index >= 15 is 0 Å². The largest absolute Gasteiger partial charge is 0.495 e. The van der Waals surface area contributed by atoms with Gasteiger partial charge in [0.25, 0.3) is 5.91 Å². The van der Waals surface area contributed by atoms with E-state index in [0.717, 1.165) is 5.56 Å². The third kappa shape index (κ3) is 4.22. The maximum Gasteiger partial charge on any atom is 0.262 e. The van der Waals surface area contributed by atoms with Crippen LogP contribution in [0.3, 0.4) is 0 Å². The van der Waals surface area contributed by atoms with Crippen molar-refractivity contribution in [1.82, 2.24) is 0 Å². The van der Waals surface area contributed by atoms with Crippen LogP contribution in [0.25, 0.3) is 0 Å². The number of nitrogens with one attached hydrogen (secondary N) is 1. The molecule has 2 aromatic carbocycles. The average Bonchev–Trinajstić information content (AvgIpc) is 2.53. The quantitative estimate of drug-likeness (QED) is 0.853. The molecule has 2 rings (SSSR count). The number of carbonyl (C=O) groups is 1. The highest BCUT2D eigenvalue weighted by molar-refractivity contribution is 5.93. The van der Waals surface area contributed by atoms with Gasteiger partial charge in [-0.2, -0.15) is 0 Å². The van der Waals surface area contributed by atoms with E-state index in [0.29, 0.717) is 23.7 Å². The molecule has 0 unspecified atom stereocenters. The van der Waals surface area contributed by atoms with Crippen molar-refractivity contribution in [3.63, 3.8) is 0 Å². The van der Waals surface area contributed by atoms with Crippen molar-refractivity contribution in [2.75, 3.05) is 19.0 Å². The van der Waals surface area contributed by atoms with Gasteiger partial charge in [0.15, 0.2) is 6.61 Å². The first-order valence-electron chi connectivity index (χ1n) is 6.57. The number of nitrogens with two attached hydrogens (primary N) is 1. The number of ether oxygens (including phenoxy) is 2. The maximum absolute atomic E-state index is 11.9. The number of methoxy groups -OCH3 is 1. The summed E-state index contributed by atoms with van der Waals surface area (Å²) >= 11 is 0. The molecule has 0 bridgehead atoms. The Morgan fingerprint density at radius 2 is 2.00 bits per heavy atom. The Balaban J connectivity index is 1.92. The van der Waals surface area contributed by atoms with Gasteiger partial charge < -0.3 is 20.5 Å². The van der Waals surface area contributed by atoms with Crippen LogP contribution in [0, 0.1) is 0 Å². The van der Waals surface area contributed by atoms with Crippen molar-refractivity contribution < 1.29 is 14.3 Å². The van der Waals surface area contributed by atoms with E-state index in [1.54, 1.807) is 25.3 Å².